The summed E-state index contributed by atoms with van der Waals surface area (Å²) >= 11 is 0. The van der Waals surface area contributed by atoms with Crippen molar-refractivity contribution in [1.82, 2.24) is 4.72 Å². The van der Waals surface area contributed by atoms with E-state index in [4.69, 9.17) is 4.74 Å². The van der Waals surface area contributed by atoms with Gasteiger partial charge in [0.05, 0.1) is 39.0 Å². The second-order valence-corrected chi connectivity index (χ2v) is 16.0. The summed E-state index contributed by atoms with van der Waals surface area (Å²) in [6.45, 7) is 0. The first-order valence-electron chi connectivity index (χ1n) is 14.4. The monoisotopic (exact) mass is 708 g/mol. The van der Waals surface area contributed by atoms with Gasteiger partial charge in [-0.1, -0.05) is 48.5 Å². The predicted octanol–water partition coefficient (Wildman–Crippen LogP) is 3.08. The number of halogens is 6. The van der Waals surface area contributed by atoms with Crippen LogP contribution in [-0.2, 0) is 39.2 Å². The summed E-state index contributed by atoms with van der Waals surface area (Å²) < 4.78 is 155. The zero-order chi connectivity index (χ0) is 34.1. The van der Waals surface area contributed by atoms with E-state index in [1.54, 1.807) is 0 Å². The van der Waals surface area contributed by atoms with E-state index in [-0.39, 0.29) is 12.3 Å². The number of hydrogen-bond acceptors (Lipinski definition) is 9. The molecule has 2 saturated carbocycles. The third kappa shape index (κ3) is 4.72. The number of esters is 2. The van der Waals surface area contributed by atoms with Gasteiger partial charge in [0.15, 0.2) is 0 Å². The van der Waals surface area contributed by atoms with Gasteiger partial charge in [0.1, 0.15) is 6.10 Å². The van der Waals surface area contributed by atoms with Crippen LogP contribution in [0.2, 0.25) is 0 Å². The van der Waals surface area contributed by atoms with Crippen molar-refractivity contribution in [1.29, 1.82) is 0 Å². The van der Waals surface area contributed by atoms with Crippen LogP contribution in [0.3, 0.4) is 0 Å². The molecule has 0 amide bonds. The average Bonchev–Trinajstić information content (AvgIpc) is 3.58. The number of benzene rings is 2. The Morgan fingerprint density at radius 3 is 1.89 bits per heavy atom. The first-order chi connectivity index (χ1) is 21.8. The maximum atomic E-state index is 13.9. The van der Waals surface area contributed by atoms with Crippen LogP contribution < -0.4 is 4.72 Å². The van der Waals surface area contributed by atoms with Crippen molar-refractivity contribution in [2.24, 2.45) is 23.7 Å². The molecule has 7 unspecified atom stereocenters. The van der Waals surface area contributed by atoms with Crippen LogP contribution in [0.25, 0.3) is 0 Å². The molecule has 254 valence electrons. The van der Waals surface area contributed by atoms with E-state index in [0.29, 0.717) is 6.42 Å². The molecule has 0 radical (unpaired) electrons. The standard InChI is InChI=1S/C29H25F6NO9S2/c30-28(31,32)27(29(33,34)35,11-46(39,40)41)45-26(38)21-17-10-19-22(36-47(42,43)24(19)21)23(17)44-25(37)18-9-16-12-5-1-3-7-14(12)20(18)15-8-4-2-6-13(15)16/h1-8,16-24,36H,9-11H2,(H,39,40,41)/p-1. The molecule has 47 heavy (non-hydrogen) atoms. The van der Waals surface area contributed by atoms with Crippen molar-refractivity contribution >= 4 is 32.1 Å². The molecule has 10 nitrogen and oxygen atoms in total. The van der Waals surface area contributed by atoms with Crippen molar-refractivity contribution < 1.29 is 66.8 Å². The molecule has 2 aromatic carbocycles. The van der Waals surface area contributed by atoms with Gasteiger partial charge in [-0.05, 0) is 41.0 Å². The maximum absolute atomic E-state index is 13.9. The van der Waals surface area contributed by atoms with Crippen LogP contribution in [0, 0.1) is 23.7 Å². The lowest BCUT2D eigenvalue weighted by molar-refractivity contribution is -0.362. The maximum Gasteiger partial charge on any atom is 0.438 e. The Morgan fingerprint density at radius 2 is 1.38 bits per heavy atom. The second kappa shape index (κ2) is 10.1. The fraction of sp³-hybridized carbons (Fsp3) is 0.517. The van der Waals surface area contributed by atoms with Crippen molar-refractivity contribution in [2.45, 2.75) is 60.0 Å². The van der Waals surface area contributed by atoms with Gasteiger partial charge in [-0.2, -0.15) is 26.3 Å². The van der Waals surface area contributed by atoms with Gasteiger partial charge in [-0.25, -0.2) is 21.6 Å². The van der Waals surface area contributed by atoms with E-state index >= 15 is 0 Å². The van der Waals surface area contributed by atoms with Crippen LogP contribution in [0.15, 0.2) is 48.5 Å². The molecule has 8 rings (SSSR count). The Kier molecular flexibility index (Phi) is 6.98. The van der Waals surface area contributed by atoms with Crippen molar-refractivity contribution in [2.75, 3.05) is 5.75 Å². The molecule has 5 aliphatic carbocycles. The number of carbonyl (C=O) groups is 2. The van der Waals surface area contributed by atoms with E-state index in [1.807, 2.05) is 48.5 Å². The zero-order valence-corrected chi connectivity index (χ0v) is 25.3. The Bertz CT molecular complexity index is 1840. The molecular weight excluding hydrogens is 684 g/mol. The van der Waals surface area contributed by atoms with E-state index < -0.39 is 103 Å². The van der Waals surface area contributed by atoms with E-state index in [0.717, 1.165) is 22.3 Å². The molecule has 18 heteroatoms. The van der Waals surface area contributed by atoms with Gasteiger partial charge >= 0.3 is 29.9 Å². The zero-order valence-electron chi connectivity index (χ0n) is 23.7. The van der Waals surface area contributed by atoms with Crippen molar-refractivity contribution in [3.63, 3.8) is 0 Å². The summed E-state index contributed by atoms with van der Waals surface area (Å²) in [6, 6.07) is 13.9. The van der Waals surface area contributed by atoms with Gasteiger partial charge < -0.3 is 14.0 Å². The number of hydrogen-bond donors (Lipinski definition) is 1. The highest BCUT2D eigenvalue weighted by molar-refractivity contribution is 7.90. The molecule has 2 aromatic rings. The minimum Gasteiger partial charge on any atom is -0.748 e. The molecule has 0 spiro atoms. The molecule has 4 bridgehead atoms. The largest absolute Gasteiger partial charge is 0.748 e. The predicted molar refractivity (Wildman–Crippen MR) is 145 cm³/mol. The van der Waals surface area contributed by atoms with Gasteiger partial charge in [-0.3, -0.25) is 9.59 Å². The number of ether oxygens (including phenoxy) is 2. The van der Waals surface area contributed by atoms with Gasteiger partial charge in [-0.15, -0.1) is 0 Å². The average molecular weight is 709 g/mol. The highest BCUT2D eigenvalue weighted by Crippen LogP contribution is 2.59. The highest BCUT2D eigenvalue weighted by Gasteiger charge is 2.77. The second-order valence-electron chi connectivity index (χ2n) is 12.7. The van der Waals surface area contributed by atoms with Crippen molar-refractivity contribution in [3.05, 3.63) is 70.8 Å². The molecule has 1 N–H and O–H groups in total. The van der Waals surface area contributed by atoms with Gasteiger partial charge in [0.2, 0.25) is 10.0 Å². The molecule has 1 saturated heterocycles. The minimum absolute atomic E-state index is 0.183. The number of sulfonamides is 1. The van der Waals surface area contributed by atoms with Gasteiger partial charge in [0, 0.05) is 17.8 Å². The molecular formula is C29H24F6NO9S2-. The van der Waals surface area contributed by atoms with Crippen LogP contribution in [0.4, 0.5) is 26.3 Å². The van der Waals surface area contributed by atoms with Crippen LogP contribution in [0.5, 0.6) is 0 Å². The fourth-order valence-electron chi connectivity index (χ4n) is 8.67. The molecule has 1 heterocycles. The minimum atomic E-state index is -6.63. The Balaban J connectivity index is 1.21. The molecule has 0 aromatic heterocycles. The Labute approximate surface area is 263 Å². The van der Waals surface area contributed by atoms with Crippen LogP contribution in [-0.4, -0.2) is 74.4 Å². The first kappa shape index (κ1) is 32.3. The summed E-state index contributed by atoms with van der Waals surface area (Å²) in [5, 5.41) is -1.84. The summed E-state index contributed by atoms with van der Waals surface area (Å²) in [7, 11) is -10.9. The van der Waals surface area contributed by atoms with Crippen LogP contribution in [0.1, 0.15) is 46.9 Å². The normalized spacial score (nSPS) is 33.3. The molecule has 3 fully saturated rings. The SMILES string of the molecule is O=C(OC1C2CC3C1NS(=O)(=O)C3C2C(=O)OC(CS(=O)(=O)[O-])(C(F)(F)F)C(F)(F)F)C1CC2c3ccccc3C1c1ccccc12. The quantitative estimate of drug-likeness (QED) is 0.271. The third-order valence-corrected chi connectivity index (χ3v) is 13.1. The fourth-order valence-corrected chi connectivity index (χ4v) is 11.8. The van der Waals surface area contributed by atoms with E-state index in [2.05, 4.69) is 9.46 Å². The number of rotatable bonds is 6. The molecule has 1 aliphatic heterocycles. The van der Waals surface area contributed by atoms with E-state index in [9.17, 15) is 57.3 Å². The van der Waals surface area contributed by atoms with E-state index in [1.165, 1.54) is 0 Å². The number of alkyl halides is 6. The lowest BCUT2D eigenvalue weighted by Gasteiger charge is -2.45. The Morgan fingerprint density at radius 1 is 0.851 bits per heavy atom. The molecule has 7 atom stereocenters. The van der Waals surface area contributed by atoms with Crippen LogP contribution >= 0.6 is 0 Å². The first-order valence-corrected chi connectivity index (χ1v) is 17.6. The summed E-state index contributed by atoms with van der Waals surface area (Å²) in [6.07, 6.45) is -14.6. The summed E-state index contributed by atoms with van der Waals surface area (Å²) in [5.74, 6) is -12.4. The topological polar surface area (TPSA) is 156 Å². The number of fused-ring (bicyclic) bond motifs is 2. The summed E-state index contributed by atoms with van der Waals surface area (Å²) in [4.78, 5) is 27.2. The lowest BCUT2D eigenvalue weighted by atomic mass is 9.59. The van der Waals surface area contributed by atoms with Crippen molar-refractivity contribution in [3.8, 4) is 0 Å². The summed E-state index contributed by atoms with van der Waals surface area (Å²) in [5.41, 5.74) is -1.98. The third-order valence-electron chi connectivity index (χ3n) is 10.4. The highest BCUT2D eigenvalue weighted by atomic mass is 32.2. The lowest BCUT2D eigenvalue weighted by Crippen LogP contribution is -2.64. The Hall–Kier alpha value is -3.22. The smallest absolute Gasteiger partial charge is 0.438 e. The van der Waals surface area contributed by atoms with Gasteiger partial charge in [0.25, 0.3) is 0 Å². The number of nitrogens with one attached hydrogen (secondary N) is 1. The number of carbonyl (C=O) groups excluding carboxylic acids is 2. The molecule has 6 aliphatic rings.